The van der Waals surface area contributed by atoms with E-state index in [1.807, 2.05) is 30.6 Å². The average molecular weight is 401 g/mol. The van der Waals surface area contributed by atoms with Crippen molar-refractivity contribution in [1.82, 2.24) is 15.3 Å². The van der Waals surface area contributed by atoms with E-state index in [4.69, 9.17) is 0 Å². The molecule has 0 aliphatic carbocycles. The van der Waals surface area contributed by atoms with Gasteiger partial charge < -0.3 is 10.2 Å². The van der Waals surface area contributed by atoms with Crippen molar-refractivity contribution in [3.63, 3.8) is 0 Å². The van der Waals surface area contributed by atoms with Gasteiger partial charge >= 0.3 is 0 Å². The molecule has 2 heterocycles. The van der Waals surface area contributed by atoms with Crippen LogP contribution in [0.25, 0.3) is 11.1 Å². The Morgan fingerprint density at radius 1 is 1.00 bits per heavy atom. The lowest BCUT2D eigenvalue weighted by Crippen LogP contribution is -2.41. The van der Waals surface area contributed by atoms with Crippen LogP contribution >= 0.6 is 0 Å². The highest BCUT2D eigenvalue weighted by atomic mass is 16.1. The summed E-state index contributed by atoms with van der Waals surface area (Å²) in [6, 6.07) is 16.5. The number of nitrogens with one attached hydrogen (secondary N) is 1. The molecule has 4 rings (SSSR count). The van der Waals surface area contributed by atoms with Crippen LogP contribution in [-0.2, 0) is 11.3 Å². The van der Waals surface area contributed by atoms with E-state index in [1.165, 1.54) is 16.7 Å². The molecule has 0 saturated carbocycles. The van der Waals surface area contributed by atoms with Crippen molar-refractivity contribution in [2.24, 2.45) is 5.92 Å². The van der Waals surface area contributed by atoms with E-state index in [-0.39, 0.29) is 11.8 Å². The minimum absolute atomic E-state index is 0.0526. The van der Waals surface area contributed by atoms with Crippen LogP contribution in [0, 0.1) is 19.8 Å². The van der Waals surface area contributed by atoms with E-state index in [0.717, 1.165) is 43.0 Å². The van der Waals surface area contributed by atoms with Crippen molar-refractivity contribution in [2.75, 3.05) is 18.0 Å². The Labute approximate surface area is 178 Å². The number of hydrogen-bond acceptors (Lipinski definition) is 4. The van der Waals surface area contributed by atoms with Crippen LogP contribution in [0.4, 0.5) is 5.95 Å². The molecule has 1 saturated heterocycles. The normalized spacial score (nSPS) is 14.5. The van der Waals surface area contributed by atoms with Crippen LogP contribution in [0.2, 0.25) is 0 Å². The number of hydrogen-bond donors (Lipinski definition) is 1. The van der Waals surface area contributed by atoms with Gasteiger partial charge in [0.2, 0.25) is 11.9 Å². The highest BCUT2D eigenvalue weighted by Crippen LogP contribution is 2.23. The quantitative estimate of drug-likeness (QED) is 0.694. The summed E-state index contributed by atoms with van der Waals surface area (Å²) in [6.07, 6.45) is 5.42. The Morgan fingerprint density at radius 2 is 1.73 bits per heavy atom. The Balaban J connectivity index is 1.31. The standard InChI is InChI=1S/C25H28N4O/c1-18-6-5-9-21(14-18)23-16-27-25(28-17-23)29-12-10-20(11-13-29)24(30)26-15-22-8-4-3-7-19(22)2/h3-9,14,16-17,20H,10-13,15H2,1-2H3,(H,26,30). The van der Waals surface area contributed by atoms with E-state index >= 15 is 0 Å². The first-order chi connectivity index (χ1) is 14.6. The Hall–Kier alpha value is -3.21. The van der Waals surface area contributed by atoms with Gasteiger partial charge in [0.15, 0.2) is 0 Å². The molecule has 2 aromatic carbocycles. The molecule has 1 aliphatic heterocycles. The highest BCUT2D eigenvalue weighted by molar-refractivity contribution is 5.79. The lowest BCUT2D eigenvalue weighted by atomic mass is 9.96. The molecular weight excluding hydrogens is 372 g/mol. The maximum absolute atomic E-state index is 12.6. The van der Waals surface area contributed by atoms with E-state index in [1.54, 1.807) is 0 Å². The van der Waals surface area contributed by atoms with Gasteiger partial charge in [0.05, 0.1) is 0 Å². The second-order valence-electron chi connectivity index (χ2n) is 8.05. The maximum Gasteiger partial charge on any atom is 0.225 e. The molecule has 0 spiro atoms. The van der Waals surface area contributed by atoms with Crippen LogP contribution in [0.5, 0.6) is 0 Å². The summed E-state index contributed by atoms with van der Waals surface area (Å²) in [4.78, 5) is 23.9. The third-order valence-corrected chi connectivity index (χ3v) is 5.85. The monoisotopic (exact) mass is 400 g/mol. The molecule has 5 heteroatoms. The molecule has 1 N–H and O–H groups in total. The molecule has 0 atom stereocenters. The van der Waals surface area contributed by atoms with Gasteiger partial charge in [0.25, 0.3) is 0 Å². The van der Waals surface area contributed by atoms with Crippen molar-refractivity contribution in [1.29, 1.82) is 0 Å². The number of aryl methyl sites for hydroxylation is 2. The van der Waals surface area contributed by atoms with Crippen molar-refractivity contribution in [2.45, 2.75) is 33.2 Å². The van der Waals surface area contributed by atoms with E-state index < -0.39 is 0 Å². The zero-order chi connectivity index (χ0) is 20.9. The molecule has 30 heavy (non-hydrogen) atoms. The number of aromatic nitrogens is 2. The molecule has 0 bridgehead atoms. The molecule has 0 unspecified atom stereocenters. The summed E-state index contributed by atoms with van der Waals surface area (Å²) >= 11 is 0. The molecule has 0 radical (unpaired) electrons. The second kappa shape index (κ2) is 9.08. The number of nitrogens with zero attached hydrogens (tertiary/aromatic N) is 3. The first-order valence-corrected chi connectivity index (χ1v) is 10.6. The number of amides is 1. The van der Waals surface area contributed by atoms with Gasteiger partial charge in [-0.3, -0.25) is 4.79 Å². The predicted molar refractivity (Wildman–Crippen MR) is 120 cm³/mol. The maximum atomic E-state index is 12.6. The number of piperidine rings is 1. The lowest BCUT2D eigenvalue weighted by molar-refractivity contribution is -0.125. The summed E-state index contributed by atoms with van der Waals surface area (Å²) in [5.41, 5.74) is 5.75. The molecule has 5 nitrogen and oxygen atoms in total. The van der Waals surface area contributed by atoms with Crippen LogP contribution in [0.15, 0.2) is 60.9 Å². The predicted octanol–water partition coefficient (Wildman–Crippen LogP) is 4.29. The minimum atomic E-state index is 0.0526. The fourth-order valence-electron chi connectivity index (χ4n) is 3.94. The van der Waals surface area contributed by atoms with Crippen molar-refractivity contribution < 1.29 is 4.79 Å². The summed E-state index contributed by atoms with van der Waals surface area (Å²) in [5, 5.41) is 3.11. The van der Waals surface area contributed by atoms with Gasteiger partial charge in [-0.2, -0.15) is 0 Å². The SMILES string of the molecule is Cc1cccc(-c2cnc(N3CCC(C(=O)NCc4ccccc4C)CC3)nc2)c1. The smallest absolute Gasteiger partial charge is 0.225 e. The summed E-state index contributed by atoms with van der Waals surface area (Å²) < 4.78 is 0. The average Bonchev–Trinajstić information content (AvgIpc) is 2.78. The third-order valence-electron chi connectivity index (χ3n) is 5.85. The van der Waals surface area contributed by atoms with Crippen LogP contribution in [-0.4, -0.2) is 29.0 Å². The van der Waals surface area contributed by atoms with Gasteiger partial charge in [-0.1, -0.05) is 54.1 Å². The Kier molecular flexibility index (Phi) is 6.07. The number of rotatable bonds is 5. The fourth-order valence-corrected chi connectivity index (χ4v) is 3.94. The lowest BCUT2D eigenvalue weighted by Gasteiger charge is -2.31. The molecule has 3 aromatic rings. The molecule has 1 fully saturated rings. The van der Waals surface area contributed by atoms with Crippen molar-refractivity contribution in [3.05, 3.63) is 77.6 Å². The van der Waals surface area contributed by atoms with E-state index in [2.05, 4.69) is 64.4 Å². The summed E-state index contributed by atoms with van der Waals surface area (Å²) in [6.45, 7) is 6.35. The molecule has 154 valence electrons. The first-order valence-electron chi connectivity index (χ1n) is 10.6. The number of carbonyl (C=O) groups excluding carboxylic acids is 1. The van der Waals surface area contributed by atoms with Crippen LogP contribution in [0.3, 0.4) is 0 Å². The number of benzene rings is 2. The number of carbonyl (C=O) groups is 1. The third kappa shape index (κ3) is 4.67. The minimum Gasteiger partial charge on any atom is -0.352 e. The Morgan fingerprint density at radius 3 is 2.43 bits per heavy atom. The summed E-state index contributed by atoms with van der Waals surface area (Å²) in [7, 11) is 0. The van der Waals surface area contributed by atoms with Gasteiger partial charge in [-0.05, 0) is 43.4 Å². The van der Waals surface area contributed by atoms with Gasteiger partial charge in [-0.15, -0.1) is 0 Å². The molecule has 1 amide bonds. The van der Waals surface area contributed by atoms with Crippen LogP contribution in [0.1, 0.15) is 29.5 Å². The Bertz CT molecular complexity index is 1010. The van der Waals surface area contributed by atoms with Gasteiger partial charge in [0, 0.05) is 43.5 Å². The molecule has 1 aliphatic rings. The molecular formula is C25H28N4O. The molecule has 1 aromatic heterocycles. The highest BCUT2D eigenvalue weighted by Gasteiger charge is 2.26. The van der Waals surface area contributed by atoms with Gasteiger partial charge in [-0.25, -0.2) is 9.97 Å². The van der Waals surface area contributed by atoms with E-state index in [0.29, 0.717) is 6.54 Å². The largest absolute Gasteiger partial charge is 0.352 e. The second-order valence-corrected chi connectivity index (χ2v) is 8.05. The zero-order valence-corrected chi connectivity index (χ0v) is 17.6. The van der Waals surface area contributed by atoms with Crippen molar-refractivity contribution in [3.8, 4) is 11.1 Å². The van der Waals surface area contributed by atoms with E-state index in [9.17, 15) is 4.79 Å². The topological polar surface area (TPSA) is 58.1 Å². The van der Waals surface area contributed by atoms with Crippen molar-refractivity contribution >= 4 is 11.9 Å². The first kappa shape index (κ1) is 20.1. The fraction of sp³-hybridized carbons (Fsp3) is 0.320. The number of anilines is 1. The van der Waals surface area contributed by atoms with Crippen LogP contribution < -0.4 is 10.2 Å². The zero-order valence-electron chi connectivity index (χ0n) is 17.6. The summed E-state index contributed by atoms with van der Waals surface area (Å²) in [5.74, 6) is 0.940. The van der Waals surface area contributed by atoms with Gasteiger partial charge in [0.1, 0.15) is 0 Å².